The quantitative estimate of drug-likeness (QED) is 0.818. The lowest BCUT2D eigenvalue weighted by molar-refractivity contribution is -0.136. The summed E-state index contributed by atoms with van der Waals surface area (Å²) in [4.78, 5) is 22.1. The van der Waals surface area contributed by atoms with Crippen LogP contribution in [0, 0.1) is 0 Å². The minimum Gasteiger partial charge on any atom is -0.481 e. The highest BCUT2D eigenvalue weighted by Gasteiger charge is 2.20. The molecule has 0 radical (unpaired) electrons. The van der Waals surface area contributed by atoms with Crippen molar-refractivity contribution in [2.45, 2.75) is 25.5 Å². The highest BCUT2D eigenvalue weighted by molar-refractivity contribution is 7.92. The second-order valence-electron chi connectivity index (χ2n) is 4.67. The number of hydrogen-bond donors (Lipinski definition) is 2. The third-order valence-corrected chi connectivity index (χ3v) is 4.74. The van der Waals surface area contributed by atoms with Crippen LogP contribution in [0.3, 0.4) is 0 Å². The van der Waals surface area contributed by atoms with Gasteiger partial charge in [0.1, 0.15) is 5.75 Å². The average Bonchev–Trinajstić information content (AvgIpc) is 2.30. The molecular weight excluding hydrogens is 282 g/mol. The van der Waals surface area contributed by atoms with E-state index in [9.17, 15) is 18.0 Å². The predicted octanol–water partition coefficient (Wildman–Crippen LogP) is 1.08. The third kappa shape index (κ3) is 5.00. The molecule has 0 atom stereocenters. The van der Waals surface area contributed by atoms with Gasteiger partial charge in [-0.2, -0.15) is 0 Å². The van der Waals surface area contributed by atoms with Crippen LogP contribution in [-0.4, -0.2) is 36.4 Å². The molecule has 1 aromatic carbocycles. The Morgan fingerprint density at radius 1 is 1.20 bits per heavy atom. The zero-order valence-electron chi connectivity index (χ0n) is 11.3. The van der Waals surface area contributed by atoms with E-state index >= 15 is 0 Å². The molecule has 0 aliphatic carbocycles. The normalized spacial score (nSPS) is 11.3. The van der Waals surface area contributed by atoms with Crippen LogP contribution in [0.2, 0.25) is 0 Å². The van der Waals surface area contributed by atoms with Crippen molar-refractivity contribution in [2.75, 3.05) is 11.1 Å². The Bertz CT molecular complexity index is 590. The van der Waals surface area contributed by atoms with Crippen LogP contribution in [0.15, 0.2) is 24.3 Å². The largest absolute Gasteiger partial charge is 0.481 e. The molecule has 0 bridgehead atoms. The fourth-order valence-corrected chi connectivity index (χ4v) is 2.20. The third-order valence-electron chi connectivity index (χ3n) is 2.64. The molecule has 1 rings (SSSR count). The molecule has 7 heteroatoms. The average molecular weight is 299 g/mol. The first-order chi connectivity index (χ1) is 9.20. The maximum atomic E-state index is 11.6. The molecule has 0 heterocycles. The van der Waals surface area contributed by atoms with Crippen molar-refractivity contribution in [1.82, 2.24) is 0 Å². The summed E-state index contributed by atoms with van der Waals surface area (Å²) in [6, 6.07) is 6.22. The van der Waals surface area contributed by atoms with E-state index in [0.717, 1.165) is 0 Å². The van der Waals surface area contributed by atoms with Gasteiger partial charge in [0.05, 0.1) is 11.7 Å². The summed E-state index contributed by atoms with van der Waals surface area (Å²) < 4.78 is 23.2. The number of rotatable bonds is 6. The Labute approximate surface area is 117 Å². The summed E-state index contributed by atoms with van der Waals surface area (Å²) in [6.07, 6.45) is -0.101. The summed E-state index contributed by atoms with van der Waals surface area (Å²) in [6.45, 7) is 3.03. The molecule has 110 valence electrons. The van der Waals surface area contributed by atoms with E-state index in [2.05, 4.69) is 5.32 Å². The zero-order valence-corrected chi connectivity index (χ0v) is 12.1. The molecule has 2 N–H and O–H groups in total. The summed E-state index contributed by atoms with van der Waals surface area (Å²) in [5.74, 6) is -2.11. The van der Waals surface area contributed by atoms with Crippen LogP contribution in [0.4, 0.5) is 5.69 Å². The van der Waals surface area contributed by atoms with E-state index in [1.807, 2.05) is 0 Å². The van der Waals surface area contributed by atoms with E-state index in [-0.39, 0.29) is 6.42 Å². The SMILES string of the molecule is CC(C)S(=O)(=O)CC(=O)Nc1ccc(CC(=O)O)cc1. The molecule has 0 aromatic heterocycles. The molecule has 0 spiro atoms. The van der Waals surface area contributed by atoms with Crippen molar-refractivity contribution < 1.29 is 23.1 Å². The zero-order chi connectivity index (χ0) is 15.3. The van der Waals surface area contributed by atoms with Gasteiger partial charge in [-0.3, -0.25) is 9.59 Å². The minimum absolute atomic E-state index is 0.101. The van der Waals surface area contributed by atoms with Gasteiger partial charge < -0.3 is 10.4 Å². The molecule has 0 saturated carbocycles. The second kappa shape index (κ2) is 6.51. The molecule has 6 nitrogen and oxygen atoms in total. The monoisotopic (exact) mass is 299 g/mol. The molecule has 0 saturated heterocycles. The van der Waals surface area contributed by atoms with E-state index < -0.39 is 32.7 Å². The Morgan fingerprint density at radius 3 is 2.20 bits per heavy atom. The Kier molecular flexibility index (Phi) is 5.26. The number of amides is 1. The summed E-state index contributed by atoms with van der Waals surface area (Å²) in [7, 11) is -3.43. The number of carbonyl (C=O) groups is 2. The number of anilines is 1. The fraction of sp³-hybridized carbons (Fsp3) is 0.385. The highest BCUT2D eigenvalue weighted by Crippen LogP contribution is 2.11. The van der Waals surface area contributed by atoms with E-state index in [1.165, 1.54) is 26.0 Å². The molecule has 0 fully saturated rings. The Balaban J connectivity index is 2.65. The number of aliphatic carboxylic acids is 1. The molecule has 1 amide bonds. The molecule has 0 unspecified atom stereocenters. The van der Waals surface area contributed by atoms with Crippen LogP contribution < -0.4 is 5.32 Å². The van der Waals surface area contributed by atoms with Crippen LogP contribution in [0.5, 0.6) is 0 Å². The lowest BCUT2D eigenvalue weighted by Gasteiger charge is -2.09. The number of carboxylic acids is 1. The van der Waals surface area contributed by atoms with Crippen molar-refractivity contribution in [3.05, 3.63) is 29.8 Å². The summed E-state index contributed by atoms with van der Waals surface area (Å²) in [5.41, 5.74) is 1.04. The fourth-order valence-electron chi connectivity index (χ4n) is 1.43. The number of carboxylic acid groups (broad SMARTS) is 1. The van der Waals surface area contributed by atoms with Gasteiger partial charge in [0.2, 0.25) is 5.91 Å². The first-order valence-corrected chi connectivity index (χ1v) is 7.74. The van der Waals surface area contributed by atoms with Crippen molar-refractivity contribution in [2.24, 2.45) is 0 Å². The van der Waals surface area contributed by atoms with Crippen LogP contribution >= 0.6 is 0 Å². The maximum Gasteiger partial charge on any atom is 0.307 e. The van der Waals surface area contributed by atoms with Crippen LogP contribution in [0.25, 0.3) is 0 Å². The Morgan fingerprint density at radius 2 is 1.75 bits per heavy atom. The van der Waals surface area contributed by atoms with Crippen molar-refractivity contribution >= 4 is 27.4 Å². The molecule has 1 aromatic rings. The lowest BCUT2D eigenvalue weighted by atomic mass is 10.1. The predicted molar refractivity (Wildman–Crippen MR) is 75.3 cm³/mol. The lowest BCUT2D eigenvalue weighted by Crippen LogP contribution is -2.27. The highest BCUT2D eigenvalue weighted by atomic mass is 32.2. The van der Waals surface area contributed by atoms with Gasteiger partial charge >= 0.3 is 5.97 Å². The van der Waals surface area contributed by atoms with Gasteiger partial charge in [-0.15, -0.1) is 0 Å². The molecule has 0 aliphatic heterocycles. The van der Waals surface area contributed by atoms with Crippen molar-refractivity contribution in [1.29, 1.82) is 0 Å². The molecule has 20 heavy (non-hydrogen) atoms. The number of hydrogen-bond acceptors (Lipinski definition) is 4. The number of sulfone groups is 1. The van der Waals surface area contributed by atoms with Gasteiger partial charge in [0.25, 0.3) is 0 Å². The molecular formula is C13H17NO5S. The van der Waals surface area contributed by atoms with Gasteiger partial charge in [0.15, 0.2) is 9.84 Å². The first-order valence-electron chi connectivity index (χ1n) is 6.03. The second-order valence-corrected chi connectivity index (χ2v) is 7.23. The van der Waals surface area contributed by atoms with Gasteiger partial charge in [-0.05, 0) is 31.5 Å². The minimum atomic E-state index is -3.43. The smallest absolute Gasteiger partial charge is 0.307 e. The molecule has 0 aliphatic rings. The Hall–Kier alpha value is -1.89. The number of benzene rings is 1. The first kappa shape index (κ1) is 16.2. The van der Waals surface area contributed by atoms with Gasteiger partial charge in [-0.25, -0.2) is 8.42 Å². The van der Waals surface area contributed by atoms with E-state index in [1.54, 1.807) is 12.1 Å². The van der Waals surface area contributed by atoms with Gasteiger partial charge in [-0.1, -0.05) is 12.1 Å². The van der Waals surface area contributed by atoms with Gasteiger partial charge in [0, 0.05) is 5.69 Å². The maximum absolute atomic E-state index is 11.6. The van der Waals surface area contributed by atoms with E-state index in [0.29, 0.717) is 11.3 Å². The number of carbonyl (C=O) groups excluding carboxylic acids is 1. The standard InChI is InChI=1S/C13H17NO5S/c1-9(2)20(18,19)8-12(15)14-11-5-3-10(4-6-11)7-13(16)17/h3-6,9H,7-8H2,1-2H3,(H,14,15)(H,16,17). The van der Waals surface area contributed by atoms with Crippen molar-refractivity contribution in [3.63, 3.8) is 0 Å². The van der Waals surface area contributed by atoms with Crippen molar-refractivity contribution in [3.8, 4) is 0 Å². The topological polar surface area (TPSA) is 101 Å². The summed E-state index contributed by atoms with van der Waals surface area (Å²) >= 11 is 0. The van der Waals surface area contributed by atoms with Crippen LogP contribution in [-0.2, 0) is 25.8 Å². The van der Waals surface area contributed by atoms with E-state index in [4.69, 9.17) is 5.11 Å². The number of nitrogens with one attached hydrogen (secondary N) is 1. The van der Waals surface area contributed by atoms with Crippen LogP contribution in [0.1, 0.15) is 19.4 Å². The summed E-state index contributed by atoms with van der Waals surface area (Å²) in [5, 5.41) is 10.5.